The maximum absolute atomic E-state index is 12.4. The average Bonchev–Trinajstić information content (AvgIpc) is 2.59. The lowest BCUT2D eigenvalue weighted by molar-refractivity contribution is -0.116. The van der Waals surface area contributed by atoms with Crippen LogP contribution in [-0.2, 0) is 4.79 Å². The minimum absolute atomic E-state index is 0.0682. The number of hydrogen-bond acceptors (Lipinski definition) is 2. The van der Waals surface area contributed by atoms with E-state index >= 15 is 0 Å². The molecule has 0 aliphatic carbocycles. The van der Waals surface area contributed by atoms with Crippen LogP contribution in [0.3, 0.4) is 0 Å². The number of halogens is 1. The fourth-order valence-corrected chi connectivity index (χ4v) is 2.97. The molecule has 1 N–H and O–H groups in total. The molecule has 0 fully saturated rings. The Morgan fingerprint density at radius 2 is 1.91 bits per heavy atom. The Kier molecular flexibility index (Phi) is 3.74. The highest BCUT2D eigenvalue weighted by Gasteiger charge is 2.24. The summed E-state index contributed by atoms with van der Waals surface area (Å²) in [5.41, 5.74) is 4.21. The fraction of sp³-hybridized carbons (Fsp3) is 0.176. The monoisotopic (exact) mass is 358 g/mol. The minimum Gasteiger partial charge on any atom is -0.332 e. The third-order valence-corrected chi connectivity index (χ3v) is 4.69. The Labute approximate surface area is 137 Å². The second-order valence-corrected chi connectivity index (χ2v) is 6.24. The van der Waals surface area contributed by atoms with E-state index in [2.05, 4.69) is 21.2 Å². The molecule has 2 aromatic carbocycles. The number of carbonyl (C=O) groups is 2. The van der Waals surface area contributed by atoms with Gasteiger partial charge in [0.2, 0.25) is 5.91 Å². The molecule has 4 nitrogen and oxygen atoms in total. The zero-order valence-electron chi connectivity index (χ0n) is 12.3. The quantitative estimate of drug-likeness (QED) is 0.848. The first-order valence-corrected chi connectivity index (χ1v) is 7.71. The molecule has 0 saturated heterocycles. The third kappa shape index (κ3) is 2.52. The number of hydrogen-bond donors (Lipinski definition) is 1. The molecule has 1 aliphatic heterocycles. The lowest BCUT2D eigenvalue weighted by Gasteiger charge is -2.14. The van der Waals surface area contributed by atoms with Gasteiger partial charge in [0.15, 0.2) is 0 Å². The van der Waals surface area contributed by atoms with Crippen molar-refractivity contribution in [2.75, 3.05) is 18.9 Å². The van der Waals surface area contributed by atoms with Gasteiger partial charge in [-0.05, 0) is 41.8 Å². The van der Waals surface area contributed by atoms with Crippen LogP contribution in [-0.4, -0.2) is 30.3 Å². The molecule has 22 heavy (non-hydrogen) atoms. The van der Waals surface area contributed by atoms with E-state index in [4.69, 9.17) is 0 Å². The Morgan fingerprint density at radius 3 is 2.68 bits per heavy atom. The highest BCUT2D eigenvalue weighted by atomic mass is 79.9. The van der Waals surface area contributed by atoms with Crippen LogP contribution < -0.4 is 5.32 Å². The van der Waals surface area contributed by atoms with Gasteiger partial charge in [0, 0.05) is 11.5 Å². The van der Waals surface area contributed by atoms with E-state index in [0.29, 0.717) is 11.3 Å². The summed E-state index contributed by atoms with van der Waals surface area (Å²) in [6.07, 6.45) is 0. The molecule has 0 aromatic heterocycles. The summed E-state index contributed by atoms with van der Waals surface area (Å²) < 4.78 is 1.02. The number of anilines is 1. The predicted molar refractivity (Wildman–Crippen MR) is 89.9 cm³/mol. The maximum Gasteiger partial charge on any atom is 0.256 e. The van der Waals surface area contributed by atoms with Gasteiger partial charge in [0.1, 0.15) is 0 Å². The van der Waals surface area contributed by atoms with E-state index in [9.17, 15) is 9.59 Å². The highest BCUT2D eigenvalue weighted by Crippen LogP contribution is 2.32. The van der Waals surface area contributed by atoms with Gasteiger partial charge in [0.05, 0.1) is 17.8 Å². The van der Waals surface area contributed by atoms with Crippen LogP contribution in [0, 0.1) is 6.92 Å². The molecule has 0 saturated carbocycles. The molecular weight excluding hydrogens is 344 g/mol. The fourth-order valence-electron chi connectivity index (χ4n) is 2.60. The van der Waals surface area contributed by atoms with E-state index < -0.39 is 0 Å². The topological polar surface area (TPSA) is 49.4 Å². The molecule has 3 rings (SSSR count). The van der Waals surface area contributed by atoms with Crippen molar-refractivity contribution in [3.05, 3.63) is 52.0 Å². The van der Waals surface area contributed by atoms with E-state index in [1.807, 2.05) is 37.3 Å². The number of rotatable bonds is 1. The number of fused-ring (bicyclic) bond motifs is 1. The Bertz CT molecular complexity index is 786. The molecule has 0 spiro atoms. The smallest absolute Gasteiger partial charge is 0.256 e. The van der Waals surface area contributed by atoms with Crippen LogP contribution in [0.5, 0.6) is 0 Å². The van der Waals surface area contributed by atoms with Crippen LogP contribution in [0.4, 0.5) is 5.69 Å². The van der Waals surface area contributed by atoms with Crippen LogP contribution in [0.25, 0.3) is 11.1 Å². The summed E-state index contributed by atoms with van der Waals surface area (Å²) in [5, 5.41) is 2.78. The molecule has 1 aliphatic rings. The van der Waals surface area contributed by atoms with Gasteiger partial charge in [-0.1, -0.05) is 34.1 Å². The Balaban J connectivity index is 2.14. The van der Waals surface area contributed by atoms with Crippen molar-refractivity contribution in [2.24, 2.45) is 0 Å². The van der Waals surface area contributed by atoms with Crippen molar-refractivity contribution in [2.45, 2.75) is 6.92 Å². The molecular formula is C17H15BrN2O2. The maximum atomic E-state index is 12.4. The van der Waals surface area contributed by atoms with Gasteiger partial charge in [0.25, 0.3) is 5.91 Å². The first-order valence-electron chi connectivity index (χ1n) is 6.92. The van der Waals surface area contributed by atoms with Gasteiger partial charge in [-0.15, -0.1) is 0 Å². The van der Waals surface area contributed by atoms with E-state index in [0.717, 1.165) is 21.2 Å². The molecule has 0 radical (unpaired) electrons. The standard InChI is InChI=1S/C17H15BrN2O2/c1-10-12(4-3-5-14(10)18)11-6-7-15-13(8-11)17(22)20(2)9-16(21)19-15/h3-8H,9H2,1-2H3,(H,19,21). The van der Waals surface area contributed by atoms with Crippen molar-refractivity contribution in [1.82, 2.24) is 4.90 Å². The summed E-state index contributed by atoms with van der Waals surface area (Å²) in [6.45, 7) is 2.10. The second kappa shape index (κ2) is 5.57. The Morgan fingerprint density at radius 1 is 1.14 bits per heavy atom. The SMILES string of the molecule is Cc1c(Br)cccc1-c1ccc2c(c1)C(=O)N(C)CC(=O)N2. The number of nitrogens with one attached hydrogen (secondary N) is 1. The Hall–Kier alpha value is -2.14. The molecule has 0 unspecified atom stereocenters. The summed E-state index contributed by atoms with van der Waals surface area (Å²) in [4.78, 5) is 25.6. The minimum atomic E-state index is -0.180. The normalized spacial score (nSPS) is 14.4. The van der Waals surface area contributed by atoms with Crippen LogP contribution >= 0.6 is 15.9 Å². The van der Waals surface area contributed by atoms with Crippen LogP contribution in [0.15, 0.2) is 40.9 Å². The molecule has 2 aromatic rings. The third-order valence-electron chi connectivity index (χ3n) is 3.83. The number of benzene rings is 2. The second-order valence-electron chi connectivity index (χ2n) is 5.38. The zero-order valence-corrected chi connectivity index (χ0v) is 13.9. The summed E-state index contributed by atoms with van der Waals surface area (Å²) in [7, 11) is 1.63. The van der Waals surface area contributed by atoms with E-state index in [1.165, 1.54) is 4.90 Å². The average molecular weight is 359 g/mol. The highest BCUT2D eigenvalue weighted by molar-refractivity contribution is 9.10. The van der Waals surface area contributed by atoms with Crippen molar-refractivity contribution < 1.29 is 9.59 Å². The lowest BCUT2D eigenvalue weighted by Crippen LogP contribution is -2.31. The largest absolute Gasteiger partial charge is 0.332 e. The van der Waals surface area contributed by atoms with Gasteiger partial charge in [-0.3, -0.25) is 9.59 Å². The number of likely N-dealkylation sites (N-methyl/N-ethyl adjacent to an activating group) is 1. The molecule has 112 valence electrons. The molecule has 1 heterocycles. The van der Waals surface area contributed by atoms with Gasteiger partial charge >= 0.3 is 0 Å². The zero-order chi connectivity index (χ0) is 15.9. The first-order chi connectivity index (χ1) is 10.5. The first kappa shape index (κ1) is 14.8. The lowest BCUT2D eigenvalue weighted by atomic mass is 9.98. The predicted octanol–water partition coefficient (Wildman–Crippen LogP) is 3.45. The molecule has 0 bridgehead atoms. The van der Waals surface area contributed by atoms with Crippen molar-refractivity contribution in [3.8, 4) is 11.1 Å². The van der Waals surface area contributed by atoms with Gasteiger partial charge in [-0.25, -0.2) is 0 Å². The molecule has 2 amide bonds. The van der Waals surface area contributed by atoms with Crippen LogP contribution in [0.2, 0.25) is 0 Å². The van der Waals surface area contributed by atoms with Crippen LogP contribution in [0.1, 0.15) is 15.9 Å². The van der Waals surface area contributed by atoms with E-state index in [-0.39, 0.29) is 18.4 Å². The summed E-state index contributed by atoms with van der Waals surface area (Å²) in [6, 6.07) is 11.5. The number of carbonyl (C=O) groups excluding carboxylic acids is 2. The van der Waals surface area contributed by atoms with E-state index in [1.54, 1.807) is 13.1 Å². The van der Waals surface area contributed by atoms with Crippen molar-refractivity contribution >= 4 is 33.4 Å². The van der Waals surface area contributed by atoms with Gasteiger partial charge < -0.3 is 10.2 Å². The van der Waals surface area contributed by atoms with Crippen molar-refractivity contribution in [3.63, 3.8) is 0 Å². The summed E-state index contributed by atoms with van der Waals surface area (Å²) in [5.74, 6) is -0.330. The summed E-state index contributed by atoms with van der Waals surface area (Å²) >= 11 is 3.53. The number of amides is 2. The van der Waals surface area contributed by atoms with Crippen molar-refractivity contribution in [1.29, 1.82) is 0 Å². The molecule has 5 heteroatoms. The van der Waals surface area contributed by atoms with Gasteiger partial charge in [-0.2, -0.15) is 0 Å². The number of nitrogens with zero attached hydrogens (tertiary/aromatic N) is 1. The molecule has 0 atom stereocenters.